The predicted molar refractivity (Wildman–Crippen MR) is 97.4 cm³/mol. The Morgan fingerprint density at radius 2 is 1.81 bits per heavy atom. The van der Waals surface area contributed by atoms with Crippen LogP contribution in [0.3, 0.4) is 0 Å². The van der Waals surface area contributed by atoms with E-state index in [1.54, 1.807) is 0 Å². The lowest BCUT2D eigenvalue weighted by Crippen LogP contribution is -2.47. The molecule has 1 heterocycles. The zero-order chi connectivity index (χ0) is 19.8. The second kappa shape index (κ2) is 6.84. The van der Waals surface area contributed by atoms with Gasteiger partial charge in [-0.2, -0.15) is 5.26 Å². The maximum Gasteiger partial charge on any atom is 0.264 e. The highest BCUT2D eigenvalue weighted by molar-refractivity contribution is 7.93. The van der Waals surface area contributed by atoms with Crippen molar-refractivity contribution < 1.29 is 27.0 Å². The summed E-state index contributed by atoms with van der Waals surface area (Å²) in [6.07, 6.45) is -1.42. The standard InChI is InChI=1S/C17H16N2O6S2/c18-9-12-3-1-6-15(7-12)27(24,25)19(13-4-2-5-14(20)8-13)16-10-26(22,23)11-17(16)21/h1-8,16-17,20-21H,10-11H2/t16-,17-/m0/s1. The number of aliphatic hydroxyl groups excluding tert-OH is 1. The summed E-state index contributed by atoms with van der Waals surface area (Å²) in [6, 6.07) is 11.2. The van der Waals surface area contributed by atoms with Crippen LogP contribution in [0.1, 0.15) is 5.56 Å². The Bertz CT molecular complexity index is 1120. The molecule has 0 spiro atoms. The summed E-state index contributed by atoms with van der Waals surface area (Å²) in [5.41, 5.74) is 0.130. The molecule has 142 valence electrons. The third-order valence-corrected chi connectivity index (χ3v) is 7.75. The first kappa shape index (κ1) is 19.2. The van der Waals surface area contributed by atoms with Crippen molar-refractivity contribution >= 4 is 25.5 Å². The van der Waals surface area contributed by atoms with Crippen LogP contribution in [0.25, 0.3) is 0 Å². The van der Waals surface area contributed by atoms with Crippen LogP contribution in [0, 0.1) is 11.3 Å². The van der Waals surface area contributed by atoms with Crippen LogP contribution < -0.4 is 4.31 Å². The van der Waals surface area contributed by atoms with Crippen molar-refractivity contribution in [1.29, 1.82) is 5.26 Å². The number of hydrogen-bond acceptors (Lipinski definition) is 7. The largest absolute Gasteiger partial charge is 0.508 e. The number of rotatable bonds is 4. The van der Waals surface area contributed by atoms with Gasteiger partial charge in [-0.15, -0.1) is 0 Å². The van der Waals surface area contributed by atoms with E-state index in [4.69, 9.17) is 5.26 Å². The predicted octanol–water partition coefficient (Wildman–Crippen LogP) is 0.617. The van der Waals surface area contributed by atoms with Gasteiger partial charge < -0.3 is 10.2 Å². The lowest BCUT2D eigenvalue weighted by Gasteiger charge is -2.31. The fourth-order valence-corrected chi connectivity index (χ4v) is 6.59. The Balaban J connectivity index is 2.19. The molecular formula is C17H16N2O6S2. The van der Waals surface area contributed by atoms with Crippen LogP contribution in [-0.2, 0) is 19.9 Å². The van der Waals surface area contributed by atoms with Crippen LogP contribution in [0.2, 0.25) is 0 Å². The van der Waals surface area contributed by atoms with Crippen molar-refractivity contribution in [2.75, 3.05) is 15.8 Å². The normalized spacial score (nSPS) is 21.5. The topological polar surface area (TPSA) is 136 Å². The van der Waals surface area contributed by atoms with Crippen LogP contribution >= 0.6 is 0 Å². The van der Waals surface area contributed by atoms with Gasteiger partial charge in [0.2, 0.25) is 0 Å². The summed E-state index contributed by atoms with van der Waals surface area (Å²) in [6.45, 7) is 0. The highest BCUT2D eigenvalue weighted by Gasteiger charge is 2.45. The van der Waals surface area contributed by atoms with Crippen molar-refractivity contribution in [2.24, 2.45) is 0 Å². The first-order valence-corrected chi connectivity index (χ1v) is 11.1. The van der Waals surface area contributed by atoms with E-state index in [-0.39, 0.29) is 21.9 Å². The zero-order valence-electron chi connectivity index (χ0n) is 13.9. The zero-order valence-corrected chi connectivity index (χ0v) is 15.6. The number of benzene rings is 2. The molecule has 2 atom stereocenters. The summed E-state index contributed by atoms with van der Waals surface area (Å²) in [5.74, 6) is -1.32. The van der Waals surface area contributed by atoms with Gasteiger partial charge >= 0.3 is 0 Å². The maximum atomic E-state index is 13.3. The minimum Gasteiger partial charge on any atom is -0.508 e. The number of aliphatic hydroxyl groups is 1. The van der Waals surface area contributed by atoms with Gasteiger partial charge in [-0.1, -0.05) is 12.1 Å². The molecule has 1 aliphatic rings. The average Bonchev–Trinajstić information content (AvgIpc) is 2.87. The maximum absolute atomic E-state index is 13.3. The molecule has 0 unspecified atom stereocenters. The highest BCUT2D eigenvalue weighted by Crippen LogP contribution is 2.32. The average molecular weight is 408 g/mol. The van der Waals surface area contributed by atoms with Crippen LogP contribution in [-0.4, -0.2) is 50.7 Å². The van der Waals surface area contributed by atoms with Gasteiger partial charge in [-0.25, -0.2) is 16.8 Å². The monoisotopic (exact) mass is 408 g/mol. The summed E-state index contributed by atoms with van der Waals surface area (Å²) in [4.78, 5) is -0.221. The third kappa shape index (κ3) is 3.75. The number of nitrogens with zero attached hydrogens (tertiary/aromatic N) is 2. The second-order valence-electron chi connectivity index (χ2n) is 6.17. The molecule has 0 radical (unpaired) electrons. The Labute approximate surface area is 156 Å². The fraction of sp³-hybridized carbons (Fsp3) is 0.235. The number of hydrogen-bond donors (Lipinski definition) is 2. The number of aromatic hydroxyl groups is 1. The molecule has 0 aromatic heterocycles. The molecule has 2 aromatic rings. The van der Waals surface area contributed by atoms with Gasteiger partial charge in [0.25, 0.3) is 10.0 Å². The molecule has 2 N–H and O–H groups in total. The molecule has 2 aromatic carbocycles. The molecule has 0 bridgehead atoms. The van der Waals surface area contributed by atoms with E-state index in [1.165, 1.54) is 48.5 Å². The van der Waals surface area contributed by atoms with Gasteiger partial charge in [-0.05, 0) is 30.3 Å². The SMILES string of the molecule is N#Cc1cccc(S(=O)(=O)N(c2cccc(O)c2)[C@H]2CS(=O)(=O)C[C@@H]2O)c1. The second-order valence-corrected chi connectivity index (χ2v) is 10.1. The fourth-order valence-electron chi connectivity index (χ4n) is 3.01. The lowest BCUT2D eigenvalue weighted by atomic mass is 10.2. The smallest absolute Gasteiger partial charge is 0.264 e. The number of phenols is 1. The molecule has 8 nitrogen and oxygen atoms in total. The van der Waals surface area contributed by atoms with E-state index in [9.17, 15) is 27.0 Å². The molecule has 1 aliphatic heterocycles. The summed E-state index contributed by atoms with van der Waals surface area (Å²) < 4.78 is 51.3. The summed E-state index contributed by atoms with van der Waals surface area (Å²) in [7, 11) is -7.96. The van der Waals surface area contributed by atoms with Crippen LogP contribution in [0.15, 0.2) is 53.4 Å². The Hall–Kier alpha value is -2.61. The Morgan fingerprint density at radius 3 is 2.41 bits per heavy atom. The van der Waals surface area contributed by atoms with Crippen LogP contribution in [0.4, 0.5) is 5.69 Å². The number of sulfonamides is 1. The number of nitriles is 1. The highest BCUT2D eigenvalue weighted by atomic mass is 32.2. The van der Waals surface area contributed by atoms with Gasteiger partial charge in [0, 0.05) is 6.07 Å². The molecule has 0 amide bonds. The van der Waals surface area contributed by atoms with Gasteiger partial charge in [-0.3, -0.25) is 4.31 Å². The Morgan fingerprint density at radius 1 is 1.11 bits per heavy atom. The van der Waals surface area contributed by atoms with Crippen molar-refractivity contribution in [3.63, 3.8) is 0 Å². The van der Waals surface area contributed by atoms with Crippen LogP contribution in [0.5, 0.6) is 5.75 Å². The number of anilines is 1. The van der Waals surface area contributed by atoms with Gasteiger partial charge in [0.15, 0.2) is 9.84 Å². The van der Waals surface area contributed by atoms with E-state index < -0.39 is 43.5 Å². The molecule has 0 aliphatic carbocycles. The lowest BCUT2D eigenvalue weighted by molar-refractivity contribution is 0.184. The molecule has 1 fully saturated rings. The molecule has 10 heteroatoms. The minimum atomic E-state index is -4.32. The first-order valence-electron chi connectivity index (χ1n) is 7.86. The van der Waals surface area contributed by atoms with E-state index in [0.29, 0.717) is 0 Å². The minimum absolute atomic E-state index is 0.0125. The molecule has 3 rings (SSSR count). The van der Waals surface area contributed by atoms with Crippen molar-refractivity contribution in [2.45, 2.75) is 17.0 Å². The molecule has 0 saturated carbocycles. The van der Waals surface area contributed by atoms with Crippen molar-refractivity contribution in [3.8, 4) is 11.8 Å². The number of sulfone groups is 1. The molecule has 27 heavy (non-hydrogen) atoms. The summed E-state index contributed by atoms with van der Waals surface area (Å²) >= 11 is 0. The van der Waals surface area contributed by atoms with Gasteiger partial charge in [0.05, 0.1) is 45.9 Å². The van der Waals surface area contributed by atoms with E-state index in [0.717, 1.165) is 4.31 Å². The third-order valence-electron chi connectivity index (χ3n) is 4.20. The molecule has 1 saturated heterocycles. The van der Waals surface area contributed by atoms with E-state index in [1.807, 2.05) is 6.07 Å². The Kier molecular flexibility index (Phi) is 4.86. The van der Waals surface area contributed by atoms with Crippen molar-refractivity contribution in [3.05, 3.63) is 54.1 Å². The van der Waals surface area contributed by atoms with Gasteiger partial charge in [0.1, 0.15) is 5.75 Å². The quantitative estimate of drug-likeness (QED) is 0.757. The first-order chi connectivity index (χ1) is 12.6. The van der Waals surface area contributed by atoms with E-state index >= 15 is 0 Å². The number of phenolic OH excluding ortho intramolecular Hbond substituents is 1. The van der Waals surface area contributed by atoms with E-state index in [2.05, 4.69) is 0 Å². The molecular weight excluding hydrogens is 392 g/mol. The summed E-state index contributed by atoms with van der Waals surface area (Å²) in [5, 5.41) is 29.0. The van der Waals surface area contributed by atoms with Crippen molar-refractivity contribution in [1.82, 2.24) is 0 Å².